The third-order valence-electron chi connectivity index (χ3n) is 4.69. The minimum atomic E-state index is 0.177. The van der Waals surface area contributed by atoms with Crippen molar-refractivity contribution in [3.05, 3.63) is 17.0 Å². The standard InChI is InChI=1S/C14H21ClN2O/c1-10-13(9-15)11(2)17(16-10)12-4-7-18-14(8-12)5-3-6-14/h12H,3-9H2,1-2H3. The maximum Gasteiger partial charge on any atom is 0.0703 e. The Morgan fingerprint density at radius 1 is 1.44 bits per heavy atom. The van der Waals surface area contributed by atoms with E-state index in [1.807, 2.05) is 0 Å². The Labute approximate surface area is 113 Å². The Morgan fingerprint density at radius 3 is 2.78 bits per heavy atom. The number of rotatable bonds is 2. The van der Waals surface area contributed by atoms with E-state index in [-0.39, 0.29) is 5.60 Å². The van der Waals surface area contributed by atoms with Crippen molar-refractivity contribution in [1.29, 1.82) is 0 Å². The summed E-state index contributed by atoms with van der Waals surface area (Å²) in [7, 11) is 0. The molecule has 0 radical (unpaired) electrons. The molecule has 1 unspecified atom stereocenters. The van der Waals surface area contributed by atoms with E-state index in [0.29, 0.717) is 11.9 Å². The van der Waals surface area contributed by atoms with Crippen LogP contribution >= 0.6 is 11.6 Å². The predicted molar refractivity (Wildman–Crippen MR) is 72.1 cm³/mol. The van der Waals surface area contributed by atoms with Gasteiger partial charge in [-0.05, 0) is 46.0 Å². The van der Waals surface area contributed by atoms with Gasteiger partial charge in [0.1, 0.15) is 0 Å². The molecule has 0 N–H and O–H groups in total. The van der Waals surface area contributed by atoms with E-state index in [0.717, 1.165) is 25.1 Å². The van der Waals surface area contributed by atoms with Crippen molar-refractivity contribution in [3.63, 3.8) is 0 Å². The summed E-state index contributed by atoms with van der Waals surface area (Å²) in [6.07, 6.45) is 5.97. The number of hydrogen-bond donors (Lipinski definition) is 0. The van der Waals surface area contributed by atoms with Gasteiger partial charge in [-0.15, -0.1) is 11.6 Å². The van der Waals surface area contributed by atoms with E-state index in [4.69, 9.17) is 21.4 Å². The van der Waals surface area contributed by atoms with Gasteiger partial charge in [-0.3, -0.25) is 4.68 Å². The van der Waals surface area contributed by atoms with Gasteiger partial charge in [0.15, 0.2) is 0 Å². The number of ether oxygens (including phenoxy) is 1. The Morgan fingerprint density at radius 2 is 2.22 bits per heavy atom. The van der Waals surface area contributed by atoms with Crippen molar-refractivity contribution in [3.8, 4) is 0 Å². The minimum Gasteiger partial charge on any atom is -0.375 e. The van der Waals surface area contributed by atoms with Crippen LogP contribution in [0.25, 0.3) is 0 Å². The molecule has 0 bridgehead atoms. The van der Waals surface area contributed by atoms with Crippen LogP contribution < -0.4 is 0 Å². The Bertz CT molecular complexity index is 451. The first kappa shape index (κ1) is 12.5. The fraction of sp³-hybridized carbons (Fsp3) is 0.786. The van der Waals surface area contributed by atoms with Crippen molar-refractivity contribution in [2.24, 2.45) is 0 Å². The third kappa shape index (κ3) is 1.88. The fourth-order valence-electron chi connectivity index (χ4n) is 3.38. The molecular weight excluding hydrogens is 248 g/mol. The average Bonchev–Trinajstić information content (AvgIpc) is 2.62. The van der Waals surface area contributed by atoms with E-state index < -0.39 is 0 Å². The second kappa shape index (κ2) is 4.53. The summed E-state index contributed by atoms with van der Waals surface area (Å²) in [5.41, 5.74) is 3.70. The molecule has 1 spiro atoms. The summed E-state index contributed by atoms with van der Waals surface area (Å²) in [5.74, 6) is 0.562. The first-order chi connectivity index (χ1) is 8.65. The van der Waals surface area contributed by atoms with Gasteiger partial charge in [-0.25, -0.2) is 0 Å². The van der Waals surface area contributed by atoms with Gasteiger partial charge >= 0.3 is 0 Å². The molecule has 0 amide bonds. The summed E-state index contributed by atoms with van der Waals surface area (Å²) >= 11 is 6.01. The highest BCUT2D eigenvalue weighted by Gasteiger charge is 2.43. The summed E-state index contributed by atoms with van der Waals surface area (Å²) in [5, 5.41) is 4.71. The molecule has 18 heavy (non-hydrogen) atoms. The van der Waals surface area contributed by atoms with Gasteiger partial charge in [0, 0.05) is 17.9 Å². The van der Waals surface area contributed by atoms with Crippen molar-refractivity contribution in [2.45, 2.75) is 63.5 Å². The highest BCUT2D eigenvalue weighted by Crippen LogP contribution is 2.45. The summed E-state index contributed by atoms with van der Waals surface area (Å²) < 4.78 is 8.19. The van der Waals surface area contributed by atoms with Crippen LogP contribution in [0.5, 0.6) is 0 Å². The van der Waals surface area contributed by atoms with Gasteiger partial charge < -0.3 is 4.74 Å². The van der Waals surface area contributed by atoms with E-state index in [9.17, 15) is 0 Å². The molecule has 1 saturated heterocycles. The predicted octanol–water partition coefficient (Wildman–Crippen LogP) is 3.51. The van der Waals surface area contributed by atoms with Crippen LogP contribution in [0.4, 0.5) is 0 Å². The number of aromatic nitrogens is 2. The van der Waals surface area contributed by atoms with Gasteiger partial charge in [-0.2, -0.15) is 5.10 Å². The SMILES string of the molecule is Cc1nn(C2CCOC3(CCC3)C2)c(C)c1CCl. The van der Waals surface area contributed by atoms with Gasteiger partial charge in [0.05, 0.1) is 23.2 Å². The van der Waals surface area contributed by atoms with E-state index in [1.165, 1.54) is 30.5 Å². The van der Waals surface area contributed by atoms with Crippen molar-refractivity contribution in [1.82, 2.24) is 9.78 Å². The van der Waals surface area contributed by atoms with Gasteiger partial charge in [0.25, 0.3) is 0 Å². The summed E-state index contributed by atoms with van der Waals surface area (Å²) in [6, 6.07) is 0.495. The average molecular weight is 269 g/mol. The first-order valence-electron chi connectivity index (χ1n) is 6.90. The van der Waals surface area contributed by atoms with Crippen LogP contribution in [-0.4, -0.2) is 22.0 Å². The topological polar surface area (TPSA) is 27.1 Å². The molecule has 1 aromatic rings. The van der Waals surface area contributed by atoms with Crippen molar-refractivity contribution < 1.29 is 4.74 Å². The molecule has 1 saturated carbocycles. The fourth-order valence-corrected chi connectivity index (χ4v) is 3.76. The molecule has 2 fully saturated rings. The number of nitrogens with zero attached hydrogens (tertiary/aromatic N) is 2. The molecule has 1 aliphatic carbocycles. The van der Waals surface area contributed by atoms with Crippen LogP contribution in [0.3, 0.4) is 0 Å². The van der Waals surface area contributed by atoms with Crippen LogP contribution in [-0.2, 0) is 10.6 Å². The molecule has 100 valence electrons. The second-order valence-corrected chi connectivity index (χ2v) is 6.03. The normalized spacial score (nSPS) is 26.3. The Hall–Kier alpha value is -0.540. The lowest BCUT2D eigenvalue weighted by Gasteiger charge is -2.47. The third-order valence-corrected chi connectivity index (χ3v) is 4.95. The van der Waals surface area contributed by atoms with Crippen LogP contribution in [0.15, 0.2) is 0 Å². The molecule has 0 aromatic carbocycles. The quantitative estimate of drug-likeness (QED) is 0.768. The molecule has 4 heteroatoms. The van der Waals surface area contributed by atoms with Gasteiger partial charge in [0.2, 0.25) is 0 Å². The molecule has 3 rings (SSSR count). The van der Waals surface area contributed by atoms with E-state index >= 15 is 0 Å². The molecular formula is C14H21ClN2O. The smallest absolute Gasteiger partial charge is 0.0703 e. The first-order valence-corrected chi connectivity index (χ1v) is 7.43. The van der Waals surface area contributed by atoms with Crippen LogP contribution in [0.1, 0.15) is 55.1 Å². The van der Waals surface area contributed by atoms with Crippen LogP contribution in [0.2, 0.25) is 0 Å². The highest BCUT2D eigenvalue weighted by molar-refractivity contribution is 6.17. The Kier molecular flexibility index (Phi) is 3.15. The number of alkyl halides is 1. The van der Waals surface area contributed by atoms with E-state index in [1.54, 1.807) is 0 Å². The summed E-state index contributed by atoms with van der Waals surface area (Å²) in [6.45, 7) is 5.07. The number of aryl methyl sites for hydroxylation is 1. The molecule has 1 aliphatic heterocycles. The van der Waals surface area contributed by atoms with Crippen molar-refractivity contribution >= 4 is 11.6 Å². The maximum atomic E-state index is 6.01. The molecule has 2 aliphatic rings. The monoisotopic (exact) mass is 268 g/mol. The zero-order valence-electron chi connectivity index (χ0n) is 11.2. The van der Waals surface area contributed by atoms with Crippen LogP contribution in [0, 0.1) is 13.8 Å². The highest BCUT2D eigenvalue weighted by atomic mass is 35.5. The zero-order chi connectivity index (χ0) is 12.8. The maximum absolute atomic E-state index is 6.01. The number of halogens is 1. The second-order valence-electron chi connectivity index (χ2n) is 5.76. The molecule has 2 heterocycles. The lowest BCUT2D eigenvalue weighted by Crippen LogP contribution is -2.46. The zero-order valence-corrected chi connectivity index (χ0v) is 12.0. The number of hydrogen-bond acceptors (Lipinski definition) is 2. The van der Waals surface area contributed by atoms with E-state index in [2.05, 4.69) is 18.5 Å². The molecule has 3 nitrogen and oxygen atoms in total. The Balaban J connectivity index is 1.86. The molecule has 1 atom stereocenters. The van der Waals surface area contributed by atoms with Gasteiger partial charge in [-0.1, -0.05) is 0 Å². The minimum absolute atomic E-state index is 0.177. The largest absolute Gasteiger partial charge is 0.375 e. The lowest BCUT2D eigenvalue weighted by atomic mass is 9.74. The lowest BCUT2D eigenvalue weighted by molar-refractivity contribution is -0.141. The summed E-state index contributed by atoms with van der Waals surface area (Å²) in [4.78, 5) is 0. The molecule has 1 aromatic heterocycles. The van der Waals surface area contributed by atoms with Crippen molar-refractivity contribution in [2.75, 3.05) is 6.61 Å².